The normalized spacial score (nSPS) is 28.0. The van der Waals surface area contributed by atoms with E-state index < -0.39 is 25.8 Å². The van der Waals surface area contributed by atoms with Crippen molar-refractivity contribution in [2.45, 2.75) is 102 Å². The number of hydrogen-bond donors (Lipinski definition) is 1. The van der Waals surface area contributed by atoms with E-state index >= 15 is 0 Å². The quantitative estimate of drug-likeness (QED) is 0.486. The number of aryl methyl sites for hydroxylation is 1. The van der Waals surface area contributed by atoms with Crippen LogP contribution in [0.25, 0.3) is 0 Å². The summed E-state index contributed by atoms with van der Waals surface area (Å²) in [5.74, 6) is -0.0582. The maximum absolute atomic E-state index is 13.2. The van der Waals surface area contributed by atoms with E-state index in [0.717, 1.165) is 37.4 Å². The Hall–Kier alpha value is -2.33. The van der Waals surface area contributed by atoms with Gasteiger partial charge in [0.15, 0.2) is 14.5 Å². The van der Waals surface area contributed by atoms with Crippen molar-refractivity contribution in [1.29, 1.82) is 0 Å². The molecule has 1 aromatic carbocycles. The average Bonchev–Trinajstić information content (AvgIpc) is 3.55. The molecule has 3 fully saturated rings. The molecule has 2 saturated heterocycles. The second-order valence-electron chi connectivity index (χ2n) is 10.4. The standard InChI is InChI=1S/C27H37N3O5Si/c1-6-27-21(35-36(7-2,8-3)9-4)20(33-26(27)15-16-26)24(34-27)30-17-18(5)22(29-25(30)32)28-23(31)19-13-11-10-12-14-19/h10-14,17,20-21,24H,6-9,15-16H2,1-5H3,(H,28,29,31,32)/t20-,21?,24+,27+/m0/s1. The highest BCUT2D eigenvalue weighted by Gasteiger charge is 2.78. The van der Waals surface area contributed by atoms with E-state index in [0.29, 0.717) is 11.1 Å². The van der Waals surface area contributed by atoms with Gasteiger partial charge in [0.2, 0.25) is 0 Å². The van der Waals surface area contributed by atoms with Crippen LogP contribution in [0.2, 0.25) is 18.1 Å². The third kappa shape index (κ3) is 3.79. The molecule has 8 nitrogen and oxygen atoms in total. The number of aromatic nitrogens is 2. The van der Waals surface area contributed by atoms with Crippen molar-refractivity contribution >= 4 is 20.0 Å². The second-order valence-corrected chi connectivity index (χ2v) is 15.1. The summed E-state index contributed by atoms with van der Waals surface area (Å²) < 4.78 is 22.0. The molecular weight excluding hydrogens is 474 g/mol. The smallest absolute Gasteiger partial charge is 0.351 e. The van der Waals surface area contributed by atoms with Gasteiger partial charge in [0.05, 0.1) is 0 Å². The Morgan fingerprint density at radius 1 is 1.14 bits per heavy atom. The Labute approximate surface area is 213 Å². The van der Waals surface area contributed by atoms with Crippen molar-refractivity contribution in [1.82, 2.24) is 9.55 Å². The fourth-order valence-electron chi connectivity index (χ4n) is 6.16. The van der Waals surface area contributed by atoms with Gasteiger partial charge in [-0.05, 0) is 56.5 Å². The van der Waals surface area contributed by atoms with E-state index in [-0.39, 0.29) is 29.5 Å². The molecule has 1 spiro atoms. The number of fused-ring (bicyclic) bond motifs is 3. The van der Waals surface area contributed by atoms with Crippen LogP contribution in [-0.4, -0.2) is 47.2 Å². The van der Waals surface area contributed by atoms with Gasteiger partial charge in [-0.3, -0.25) is 9.36 Å². The summed E-state index contributed by atoms with van der Waals surface area (Å²) in [5, 5.41) is 2.77. The number of carbonyl (C=O) groups is 1. The Kier molecular flexibility index (Phi) is 6.47. The van der Waals surface area contributed by atoms with E-state index in [1.807, 2.05) is 13.0 Å². The van der Waals surface area contributed by atoms with Crippen LogP contribution in [0.15, 0.2) is 41.3 Å². The fourth-order valence-corrected chi connectivity index (χ4v) is 9.03. The lowest BCUT2D eigenvalue weighted by molar-refractivity contribution is -0.225. The minimum atomic E-state index is -1.95. The number of ether oxygens (including phenoxy) is 2. The molecule has 2 bridgehead atoms. The Morgan fingerprint density at radius 2 is 1.81 bits per heavy atom. The van der Waals surface area contributed by atoms with Gasteiger partial charge >= 0.3 is 5.69 Å². The number of benzene rings is 1. The zero-order valence-electron chi connectivity index (χ0n) is 21.9. The van der Waals surface area contributed by atoms with Crippen molar-refractivity contribution < 1.29 is 18.7 Å². The summed E-state index contributed by atoms with van der Waals surface area (Å²) in [5.41, 5.74) is -0.173. The molecule has 2 aromatic rings. The number of anilines is 1. The lowest BCUT2D eigenvalue weighted by Gasteiger charge is -2.40. The monoisotopic (exact) mass is 511 g/mol. The lowest BCUT2D eigenvalue weighted by atomic mass is 9.88. The summed E-state index contributed by atoms with van der Waals surface area (Å²) in [6.07, 6.45) is 3.21. The summed E-state index contributed by atoms with van der Waals surface area (Å²) in [7, 11) is -1.95. The van der Waals surface area contributed by atoms with Crippen molar-refractivity contribution in [2.24, 2.45) is 0 Å². The Balaban J connectivity index is 1.46. The first-order chi connectivity index (χ1) is 17.3. The highest BCUT2D eigenvalue weighted by molar-refractivity contribution is 6.73. The van der Waals surface area contributed by atoms with Crippen LogP contribution >= 0.6 is 0 Å². The number of nitrogens with one attached hydrogen (secondary N) is 1. The van der Waals surface area contributed by atoms with Gasteiger partial charge in [0, 0.05) is 17.3 Å². The van der Waals surface area contributed by atoms with Gasteiger partial charge in [0.1, 0.15) is 29.2 Å². The van der Waals surface area contributed by atoms with Crippen LogP contribution in [0.3, 0.4) is 0 Å². The number of rotatable bonds is 9. The van der Waals surface area contributed by atoms with Crippen molar-refractivity contribution in [3.05, 3.63) is 58.1 Å². The first-order valence-electron chi connectivity index (χ1n) is 13.3. The third-order valence-electron chi connectivity index (χ3n) is 8.72. The van der Waals surface area contributed by atoms with Crippen LogP contribution in [0.4, 0.5) is 5.82 Å². The van der Waals surface area contributed by atoms with E-state index in [1.165, 1.54) is 4.57 Å². The maximum Gasteiger partial charge on any atom is 0.351 e. The van der Waals surface area contributed by atoms with E-state index in [2.05, 4.69) is 38.0 Å². The van der Waals surface area contributed by atoms with E-state index in [9.17, 15) is 9.59 Å². The first-order valence-corrected chi connectivity index (χ1v) is 15.8. The molecule has 3 heterocycles. The lowest BCUT2D eigenvalue weighted by Crippen LogP contribution is -2.53. The molecule has 1 saturated carbocycles. The minimum absolute atomic E-state index is 0.203. The first kappa shape index (κ1) is 25.3. The molecule has 1 aliphatic carbocycles. The number of hydrogen-bond acceptors (Lipinski definition) is 6. The van der Waals surface area contributed by atoms with Crippen molar-refractivity contribution in [3.8, 4) is 0 Å². The third-order valence-corrected chi connectivity index (χ3v) is 13.3. The van der Waals surface area contributed by atoms with Crippen LogP contribution in [-0.2, 0) is 13.9 Å². The molecule has 5 rings (SSSR count). The molecule has 36 heavy (non-hydrogen) atoms. The molecule has 1 N–H and O–H groups in total. The Morgan fingerprint density at radius 3 is 2.39 bits per heavy atom. The van der Waals surface area contributed by atoms with E-state index in [1.54, 1.807) is 30.5 Å². The fraction of sp³-hybridized carbons (Fsp3) is 0.593. The van der Waals surface area contributed by atoms with Crippen molar-refractivity contribution in [3.63, 3.8) is 0 Å². The zero-order valence-corrected chi connectivity index (χ0v) is 22.9. The van der Waals surface area contributed by atoms with Crippen molar-refractivity contribution in [2.75, 3.05) is 5.32 Å². The van der Waals surface area contributed by atoms with Gasteiger partial charge < -0.3 is 19.2 Å². The van der Waals surface area contributed by atoms with Gasteiger partial charge in [-0.25, -0.2) is 4.79 Å². The molecule has 9 heteroatoms. The molecule has 4 atom stereocenters. The number of carbonyl (C=O) groups excluding carboxylic acids is 1. The molecule has 194 valence electrons. The van der Waals surface area contributed by atoms with Gasteiger partial charge in [-0.1, -0.05) is 45.9 Å². The van der Waals surface area contributed by atoms with Gasteiger partial charge in [-0.15, -0.1) is 0 Å². The minimum Gasteiger partial charge on any atom is -0.408 e. The largest absolute Gasteiger partial charge is 0.408 e. The molecule has 0 radical (unpaired) electrons. The average molecular weight is 512 g/mol. The number of amides is 1. The Bertz CT molecular complexity index is 1190. The predicted octanol–water partition coefficient (Wildman–Crippen LogP) is 4.80. The molecule has 2 aliphatic heterocycles. The maximum atomic E-state index is 13.2. The van der Waals surface area contributed by atoms with Gasteiger partial charge in [0.25, 0.3) is 5.91 Å². The molecule has 1 aromatic heterocycles. The van der Waals surface area contributed by atoms with Gasteiger partial charge in [-0.2, -0.15) is 4.98 Å². The summed E-state index contributed by atoms with van der Waals surface area (Å²) in [6.45, 7) is 10.6. The van der Waals surface area contributed by atoms with Crippen LogP contribution in [0.1, 0.15) is 69.1 Å². The summed E-state index contributed by atoms with van der Waals surface area (Å²) in [4.78, 5) is 30.1. The van der Waals surface area contributed by atoms with Crippen LogP contribution in [0, 0.1) is 6.92 Å². The predicted molar refractivity (Wildman–Crippen MR) is 140 cm³/mol. The van der Waals surface area contributed by atoms with Crippen LogP contribution < -0.4 is 11.0 Å². The summed E-state index contributed by atoms with van der Waals surface area (Å²) >= 11 is 0. The molecule has 3 aliphatic rings. The molecular formula is C27H37N3O5Si. The topological polar surface area (TPSA) is 91.7 Å². The highest BCUT2D eigenvalue weighted by Crippen LogP contribution is 2.66. The van der Waals surface area contributed by atoms with E-state index in [4.69, 9.17) is 13.9 Å². The second kappa shape index (κ2) is 9.20. The van der Waals surface area contributed by atoms with Crippen LogP contribution in [0.5, 0.6) is 0 Å². The molecule has 1 amide bonds. The SMILES string of the molecule is CC[C@]12O[C@@H](n3cc(C)c(NC(=O)c4ccccc4)nc3=O)[C@@H](OC13CC3)C2O[Si](CC)(CC)CC. The zero-order chi connectivity index (χ0) is 25.7. The highest BCUT2D eigenvalue weighted by atomic mass is 28.4. The molecule has 1 unspecified atom stereocenters. The summed E-state index contributed by atoms with van der Waals surface area (Å²) in [6, 6.07) is 12.0. The number of nitrogens with zero attached hydrogens (tertiary/aromatic N) is 2.